The van der Waals surface area contributed by atoms with Gasteiger partial charge in [-0.2, -0.15) is 4.31 Å². The Balaban J connectivity index is 1.50. The van der Waals surface area contributed by atoms with E-state index in [4.69, 9.17) is 5.21 Å². The van der Waals surface area contributed by atoms with Crippen LogP contribution in [0.1, 0.15) is 9.67 Å². The van der Waals surface area contributed by atoms with Crippen molar-refractivity contribution in [3.8, 4) is 0 Å². The number of benzene rings is 1. The van der Waals surface area contributed by atoms with Gasteiger partial charge in [0.15, 0.2) is 5.13 Å². The van der Waals surface area contributed by atoms with E-state index >= 15 is 0 Å². The number of thiophene rings is 1. The Morgan fingerprint density at radius 1 is 1.19 bits per heavy atom. The zero-order valence-electron chi connectivity index (χ0n) is 14.0. The number of hydrogen-bond acceptors (Lipinski definition) is 8. The van der Waals surface area contributed by atoms with Crippen LogP contribution in [0.5, 0.6) is 0 Å². The molecule has 0 saturated carbocycles. The van der Waals surface area contributed by atoms with Gasteiger partial charge in [-0.1, -0.05) is 35.6 Å². The highest BCUT2D eigenvalue weighted by molar-refractivity contribution is 7.91. The molecular weight excluding hydrogens is 408 g/mol. The van der Waals surface area contributed by atoms with Crippen molar-refractivity contribution in [3.63, 3.8) is 0 Å². The number of piperazine rings is 1. The van der Waals surface area contributed by atoms with Gasteiger partial charge in [0, 0.05) is 31.6 Å². The van der Waals surface area contributed by atoms with Crippen LogP contribution in [0.25, 0.3) is 10.8 Å². The monoisotopic (exact) mass is 424 g/mol. The highest BCUT2D eigenvalue weighted by Crippen LogP contribution is 2.33. The summed E-state index contributed by atoms with van der Waals surface area (Å²) in [5, 5.41) is 12.9. The molecule has 4 rings (SSSR count). The molecule has 1 aliphatic heterocycles. The van der Waals surface area contributed by atoms with Crippen molar-refractivity contribution in [2.75, 3.05) is 31.1 Å². The Labute approximate surface area is 163 Å². The normalized spacial score (nSPS) is 16.0. The number of carbonyl (C=O) groups is 1. The van der Waals surface area contributed by atoms with E-state index in [2.05, 4.69) is 4.98 Å². The first-order valence-electron chi connectivity index (χ1n) is 8.12. The average Bonchev–Trinajstić information content (AvgIpc) is 3.35. The molecule has 1 fully saturated rings. The second kappa shape index (κ2) is 7.17. The van der Waals surface area contributed by atoms with Crippen LogP contribution in [0.2, 0.25) is 0 Å². The van der Waals surface area contributed by atoms with E-state index in [-0.39, 0.29) is 0 Å². The Kier molecular flexibility index (Phi) is 4.86. The smallest absolute Gasteiger partial charge is 0.286 e. The number of aromatic nitrogens is 1. The van der Waals surface area contributed by atoms with E-state index in [1.807, 2.05) is 34.5 Å². The maximum absolute atomic E-state index is 13.1. The molecule has 0 unspecified atom stereocenters. The number of thiazole rings is 1. The number of fused-ring (bicyclic) bond motifs is 1. The predicted molar refractivity (Wildman–Crippen MR) is 104 cm³/mol. The first kappa shape index (κ1) is 18.3. The average molecular weight is 425 g/mol. The van der Waals surface area contributed by atoms with Gasteiger partial charge in [0.1, 0.15) is 9.09 Å². The molecule has 0 spiro atoms. The largest absolute Gasteiger partial charge is 0.345 e. The zero-order chi connectivity index (χ0) is 19.0. The molecule has 1 amide bonds. The van der Waals surface area contributed by atoms with Crippen molar-refractivity contribution in [2.45, 2.75) is 4.21 Å². The molecule has 0 bridgehead atoms. The maximum atomic E-state index is 13.1. The lowest BCUT2D eigenvalue weighted by Gasteiger charge is -2.33. The molecule has 0 radical (unpaired) electrons. The summed E-state index contributed by atoms with van der Waals surface area (Å²) < 4.78 is 28.0. The number of anilines is 1. The number of carbonyl (C=O) groups excluding carboxylic acids is 1. The molecule has 8 nitrogen and oxygen atoms in total. The summed E-state index contributed by atoms with van der Waals surface area (Å²) in [5.41, 5.74) is 1.58. The third-order valence-corrected chi connectivity index (χ3v) is 8.89. The van der Waals surface area contributed by atoms with Crippen molar-refractivity contribution in [2.24, 2.45) is 0 Å². The molecule has 2 N–H and O–H groups in total. The summed E-state index contributed by atoms with van der Waals surface area (Å²) in [4.78, 5) is 17.9. The lowest BCUT2D eigenvalue weighted by atomic mass is 10.2. The SMILES string of the molecule is O=C(NO)c1cnc(N2CCN(S(=O)(=O)c3scc4ccccc34)CC2)s1. The summed E-state index contributed by atoms with van der Waals surface area (Å²) in [6, 6.07) is 7.47. The molecule has 3 aromatic rings. The minimum absolute atomic E-state index is 0.299. The number of sulfonamides is 1. The van der Waals surface area contributed by atoms with Crippen LogP contribution < -0.4 is 10.4 Å². The Morgan fingerprint density at radius 3 is 2.67 bits per heavy atom. The van der Waals surface area contributed by atoms with Crippen LogP contribution in [0.4, 0.5) is 5.13 Å². The van der Waals surface area contributed by atoms with Crippen LogP contribution >= 0.6 is 22.7 Å². The summed E-state index contributed by atoms with van der Waals surface area (Å²) in [5.74, 6) is -0.607. The van der Waals surface area contributed by atoms with Gasteiger partial charge in [0.2, 0.25) is 0 Å². The molecule has 0 atom stereocenters. The highest BCUT2D eigenvalue weighted by atomic mass is 32.2. The topological polar surface area (TPSA) is 103 Å². The van der Waals surface area contributed by atoms with Crippen molar-refractivity contribution in [3.05, 3.63) is 40.7 Å². The van der Waals surface area contributed by atoms with Crippen molar-refractivity contribution >= 4 is 54.5 Å². The molecular formula is C16H16N4O4S3. The van der Waals surface area contributed by atoms with Crippen molar-refractivity contribution in [1.82, 2.24) is 14.8 Å². The molecule has 1 aromatic carbocycles. The van der Waals surface area contributed by atoms with E-state index in [9.17, 15) is 13.2 Å². The quantitative estimate of drug-likeness (QED) is 0.490. The van der Waals surface area contributed by atoms with Gasteiger partial charge in [0.05, 0.1) is 6.20 Å². The fourth-order valence-electron chi connectivity index (χ4n) is 2.97. The minimum Gasteiger partial charge on any atom is -0.345 e. The van der Waals surface area contributed by atoms with E-state index in [0.717, 1.165) is 22.1 Å². The standard InChI is InChI=1S/C16H16N4O4S3/c21-14(18-22)13-9-17-16(26-13)19-5-7-20(8-6-19)27(23,24)15-12-4-2-1-3-11(12)10-25-15/h1-4,9-10,22H,5-8H2,(H,18,21). The summed E-state index contributed by atoms with van der Waals surface area (Å²) in [6.07, 6.45) is 1.40. The van der Waals surface area contributed by atoms with Crippen LogP contribution in [-0.2, 0) is 10.0 Å². The number of rotatable bonds is 4. The molecule has 27 heavy (non-hydrogen) atoms. The zero-order valence-corrected chi connectivity index (χ0v) is 16.5. The first-order valence-corrected chi connectivity index (χ1v) is 11.3. The number of amides is 1. The molecule has 11 heteroatoms. The van der Waals surface area contributed by atoms with E-state index in [1.165, 1.54) is 21.8 Å². The third-order valence-electron chi connectivity index (χ3n) is 4.38. The van der Waals surface area contributed by atoms with E-state index in [1.54, 1.807) is 5.48 Å². The van der Waals surface area contributed by atoms with Gasteiger partial charge in [-0.15, -0.1) is 11.3 Å². The molecule has 1 aliphatic rings. The second-order valence-electron chi connectivity index (χ2n) is 5.95. The van der Waals surface area contributed by atoms with Crippen molar-refractivity contribution in [1.29, 1.82) is 0 Å². The van der Waals surface area contributed by atoms with Gasteiger partial charge in [-0.3, -0.25) is 10.0 Å². The summed E-state index contributed by atoms with van der Waals surface area (Å²) in [6.45, 7) is 1.65. The molecule has 0 aliphatic carbocycles. The summed E-state index contributed by atoms with van der Waals surface area (Å²) >= 11 is 2.41. The lowest BCUT2D eigenvalue weighted by molar-refractivity contribution is 0.0710. The Bertz CT molecular complexity index is 1080. The second-order valence-corrected chi connectivity index (χ2v) is 9.97. The van der Waals surface area contributed by atoms with Gasteiger partial charge < -0.3 is 4.90 Å². The van der Waals surface area contributed by atoms with Crippen LogP contribution in [0.3, 0.4) is 0 Å². The summed E-state index contributed by atoms with van der Waals surface area (Å²) in [7, 11) is -3.55. The maximum Gasteiger partial charge on any atom is 0.286 e. The molecule has 3 heterocycles. The Morgan fingerprint density at radius 2 is 1.93 bits per heavy atom. The third kappa shape index (κ3) is 3.32. The van der Waals surface area contributed by atoms with Crippen LogP contribution in [-0.4, -0.2) is 55.0 Å². The Hall–Kier alpha value is -2.05. The molecule has 142 valence electrons. The number of hydroxylamine groups is 1. The fourth-order valence-corrected chi connectivity index (χ4v) is 6.87. The van der Waals surface area contributed by atoms with Gasteiger partial charge in [-0.05, 0) is 10.8 Å². The van der Waals surface area contributed by atoms with E-state index < -0.39 is 15.9 Å². The number of hydrogen-bond donors (Lipinski definition) is 2. The van der Waals surface area contributed by atoms with Crippen molar-refractivity contribution < 1.29 is 18.4 Å². The van der Waals surface area contributed by atoms with Gasteiger partial charge in [0.25, 0.3) is 15.9 Å². The van der Waals surface area contributed by atoms with E-state index in [0.29, 0.717) is 40.4 Å². The lowest BCUT2D eigenvalue weighted by Crippen LogP contribution is -2.48. The highest BCUT2D eigenvalue weighted by Gasteiger charge is 2.31. The van der Waals surface area contributed by atoms with Crippen LogP contribution in [0.15, 0.2) is 40.1 Å². The predicted octanol–water partition coefficient (Wildman–Crippen LogP) is 1.99. The van der Waals surface area contributed by atoms with Gasteiger partial charge >= 0.3 is 0 Å². The number of nitrogens with zero attached hydrogens (tertiary/aromatic N) is 3. The molecule has 2 aromatic heterocycles. The fraction of sp³-hybridized carbons (Fsp3) is 0.250. The number of nitrogens with one attached hydrogen (secondary N) is 1. The molecule has 1 saturated heterocycles. The van der Waals surface area contributed by atoms with Gasteiger partial charge in [-0.25, -0.2) is 18.9 Å². The minimum atomic E-state index is -3.55. The van der Waals surface area contributed by atoms with Crippen LogP contribution in [0, 0.1) is 0 Å². The first-order chi connectivity index (χ1) is 13.0.